The third-order valence-corrected chi connectivity index (χ3v) is 7.61. The van der Waals surface area contributed by atoms with E-state index >= 15 is 0 Å². The molecule has 0 unspecified atom stereocenters. The van der Waals surface area contributed by atoms with Crippen LogP contribution in [0.4, 0.5) is 0 Å². The summed E-state index contributed by atoms with van der Waals surface area (Å²) in [7, 11) is 0. The van der Waals surface area contributed by atoms with Gasteiger partial charge in [-0.1, -0.05) is 66.2 Å². The lowest BCUT2D eigenvalue weighted by atomic mass is 9.95. The zero-order valence-corrected chi connectivity index (χ0v) is 22.0. The highest BCUT2D eigenvalue weighted by molar-refractivity contribution is 6.30. The lowest BCUT2D eigenvalue weighted by molar-refractivity contribution is -0.128. The number of hydrogen-bond donors (Lipinski definition) is 1. The van der Waals surface area contributed by atoms with Gasteiger partial charge in [-0.15, -0.1) is 0 Å². The molecule has 3 amide bonds. The van der Waals surface area contributed by atoms with Crippen LogP contribution in [0.15, 0.2) is 78.9 Å². The monoisotopic (exact) mass is 531 g/mol. The van der Waals surface area contributed by atoms with Crippen molar-refractivity contribution in [2.24, 2.45) is 0 Å². The summed E-state index contributed by atoms with van der Waals surface area (Å²) in [5.41, 5.74) is 1.89. The second-order valence-electron chi connectivity index (χ2n) is 9.77. The lowest BCUT2D eigenvalue weighted by Gasteiger charge is -2.44. The maximum Gasteiger partial charge on any atom is 0.257 e. The second kappa shape index (κ2) is 11.0. The molecule has 2 aliphatic heterocycles. The van der Waals surface area contributed by atoms with Crippen molar-refractivity contribution < 1.29 is 19.1 Å². The number of carbonyl (C=O) groups excluding carboxylic acids is 3. The molecular formula is C30H30ClN3O4. The molecule has 1 N–H and O–H groups in total. The fourth-order valence-electron chi connectivity index (χ4n) is 5.28. The Balaban J connectivity index is 1.37. The van der Waals surface area contributed by atoms with Crippen LogP contribution in [0.3, 0.4) is 0 Å². The van der Waals surface area contributed by atoms with Crippen molar-refractivity contribution in [2.75, 3.05) is 19.7 Å². The average Bonchev–Trinajstić information content (AvgIpc) is 3.30. The number of nitrogens with one attached hydrogen (secondary N) is 1. The molecule has 0 radical (unpaired) electrons. The van der Waals surface area contributed by atoms with Gasteiger partial charge in [-0.2, -0.15) is 0 Å². The van der Waals surface area contributed by atoms with E-state index in [0.29, 0.717) is 48.6 Å². The van der Waals surface area contributed by atoms with E-state index in [4.69, 9.17) is 16.3 Å². The van der Waals surface area contributed by atoms with Crippen molar-refractivity contribution in [3.63, 3.8) is 0 Å². The Morgan fingerprint density at radius 2 is 1.66 bits per heavy atom. The van der Waals surface area contributed by atoms with Crippen molar-refractivity contribution in [3.05, 3.63) is 106 Å². The lowest BCUT2D eigenvalue weighted by Crippen LogP contribution is -2.59. The molecule has 0 aromatic heterocycles. The summed E-state index contributed by atoms with van der Waals surface area (Å²) in [4.78, 5) is 43.9. The number of piperidine rings is 1. The van der Waals surface area contributed by atoms with E-state index < -0.39 is 11.8 Å². The number of amides is 3. The minimum absolute atomic E-state index is 0.0977. The summed E-state index contributed by atoms with van der Waals surface area (Å²) in [5, 5.41) is 3.48. The van der Waals surface area contributed by atoms with Gasteiger partial charge in [0.15, 0.2) is 0 Å². The molecule has 3 aromatic carbocycles. The molecule has 1 atom stereocenters. The number of hydrogen-bond acceptors (Lipinski definition) is 4. The quantitative estimate of drug-likeness (QED) is 0.528. The van der Waals surface area contributed by atoms with Crippen molar-refractivity contribution in [3.8, 4) is 0 Å². The smallest absolute Gasteiger partial charge is 0.257 e. The first-order valence-corrected chi connectivity index (χ1v) is 13.2. The van der Waals surface area contributed by atoms with E-state index in [1.54, 1.807) is 40.1 Å². The van der Waals surface area contributed by atoms with Gasteiger partial charge in [0, 0.05) is 48.6 Å². The van der Waals surface area contributed by atoms with Crippen LogP contribution in [0.2, 0.25) is 5.02 Å². The van der Waals surface area contributed by atoms with E-state index in [2.05, 4.69) is 5.32 Å². The Kier molecular flexibility index (Phi) is 7.49. The van der Waals surface area contributed by atoms with E-state index in [0.717, 1.165) is 11.1 Å². The fourth-order valence-corrected chi connectivity index (χ4v) is 5.47. The Labute approximate surface area is 227 Å². The van der Waals surface area contributed by atoms with Gasteiger partial charge in [0.25, 0.3) is 11.8 Å². The summed E-state index contributed by atoms with van der Waals surface area (Å²) in [6.07, 6.45) is 0.804. The molecule has 8 heteroatoms. The van der Waals surface area contributed by atoms with Gasteiger partial charge in [-0.3, -0.25) is 19.3 Å². The molecule has 2 fully saturated rings. The zero-order valence-electron chi connectivity index (χ0n) is 21.2. The highest BCUT2D eigenvalue weighted by Gasteiger charge is 2.54. The standard InChI is InChI=1S/C30H30ClN3O4/c1-21-8-5-6-13-25(21)29(37)34-26(27(35)32-19-22-9-3-2-4-10-22)20-38-30(34)14-16-33(17-15-30)28(36)23-11-7-12-24(31)18-23/h2-13,18,26H,14-17,19-20H2,1H3,(H,32,35)/t26-/m0/s1. The van der Waals surface area contributed by atoms with E-state index in [9.17, 15) is 14.4 Å². The largest absolute Gasteiger partial charge is 0.353 e. The van der Waals surface area contributed by atoms with Crippen LogP contribution in [-0.4, -0.2) is 59.0 Å². The van der Waals surface area contributed by atoms with Crippen LogP contribution in [0.5, 0.6) is 0 Å². The molecule has 7 nitrogen and oxygen atoms in total. The summed E-state index contributed by atoms with van der Waals surface area (Å²) in [6, 6.07) is 23.1. The molecule has 0 bridgehead atoms. The predicted molar refractivity (Wildman–Crippen MR) is 145 cm³/mol. The second-order valence-corrected chi connectivity index (χ2v) is 10.2. The molecule has 3 aromatic rings. The Morgan fingerprint density at radius 1 is 0.947 bits per heavy atom. The first-order valence-electron chi connectivity index (χ1n) is 12.8. The highest BCUT2D eigenvalue weighted by atomic mass is 35.5. The SMILES string of the molecule is Cc1ccccc1C(=O)N1[C@H](C(=O)NCc2ccccc2)COC12CCN(C(=O)c1cccc(Cl)c1)CC2. The molecule has 38 heavy (non-hydrogen) atoms. The van der Waals surface area contributed by atoms with Crippen LogP contribution in [0, 0.1) is 6.92 Å². The maximum atomic E-state index is 14.0. The number of nitrogens with zero attached hydrogens (tertiary/aromatic N) is 2. The summed E-state index contributed by atoms with van der Waals surface area (Å²) < 4.78 is 6.30. The van der Waals surface area contributed by atoms with Gasteiger partial charge in [0.2, 0.25) is 5.91 Å². The van der Waals surface area contributed by atoms with E-state index in [1.165, 1.54) is 0 Å². The van der Waals surface area contributed by atoms with Crippen LogP contribution in [0.25, 0.3) is 0 Å². The van der Waals surface area contributed by atoms with E-state index in [-0.39, 0.29) is 24.3 Å². The van der Waals surface area contributed by atoms with Gasteiger partial charge >= 0.3 is 0 Å². The Hall–Kier alpha value is -3.68. The molecule has 1 spiro atoms. The first kappa shape index (κ1) is 25.9. The Bertz CT molecular complexity index is 1340. The summed E-state index contributed by atoms with van der Waals surface area (Å²) >= 11 is 6.09. The normalized spacial score (nSPS) is 18.4. The van der Waals surface area contributed by atoms with Crippen molar-refractivity contribution in [1.82, 2.24) is 15.1 Å². The predicted octanol–water partition coefficient (Wildman–Crippen LogP) is 4.44. The zero-order chi connectivity index (χ0) is 26.7. The van der Waals surface area contributed by atoms with Gasteiger partial charge in [0.1, 0.15) is 11.8 Å². The fraction of sp³-hybridized carbons (Fsp3) is 0.300. The first-order chi connectivity index (χ1) is 18.4. The number of carbonyl (C=O) groups is 3. The van der Waals surface area contributed by atoms with Crippen LogP contribution in [0.1, 0.15) is 44.7 Å². The number of benzene rings is 3. The molecule has 2 aliphatic rings. The van der Waals surface area contributed by atoms with Crippen molar-refractivity contribution in [1.29, 1.82) is 0 Å². The van der Waals surface area contributed by atoms with Crippen LogP contribution in [-0.2, 0) is 16.1 Å². The van der Waals surface area contributed by atoms with Crippen molar-refractivity contribution >= 4 is 29.3 Å². The number of aryl methyl sites for hydroxylation is 1. The molecule has 0 aliphatic carbocycles. The number of halogens is 1. The van der Waals surface area contributed by atoms with Crippen LogP contribution < -0.4 is 5.32 Å². The molecule has 2 heterocycles. The third-order valence-electron chi connectivity index (χ3n) is 7.37. The number of ether oxygens (including phenoxy) is 1. The van der Waals surface area contributed by atoms with Gasteiger partial charge < -0.3 is 15.0 Å². The summed E-state index contributed by atoms with van der Waals surface area (Å²) in [6.45, 7) is 3.12. The summed E-state index contributed by atoms with van der Waals surface area (Å²) in [5.74, 6) is -0.616. The molecule has 0 saturated carbocycles. The van der Waals surface area contributed by atoms with Gasteiger partial charge in [-0.25, -0.2) is 0 Å². The van der Waals surface area contributed by atoms with E-state index in [1.807, 2.05) is 55.5 Å². The number of rotatable bonds is 5. The van der Waals surface area contributed by atoms with Crippen LogP contribution >= 0.6 is 11.6 Å². The average molecular weight is 532 g/mol. The molecule has 2 saturated heterocycles. The van der Waals surface area contributed by atoms with Crippen molar-refractivity contribution in [2.45, 2.75) is 38.1 Å². The minimum Gasteiger partial charge on any atom is -0.353 e. The minimum atomic E-state index is -0.973. The van der Waals surface area contributed by atoms with Gasteiger partial charge in [-0.05, 0) is 42.3 Å². The topological polar surface area (TPSA) is 79.0 Å². The Morgan fingerprint density at radius 3 is 2.37 bits per heavy atom. The third kappa shape index (κ3) is 5.17. The molecule has 196 valence electrons. The molecular weight excluding hydrogens is 502 g/mol. The molecule has 5 rings (SSSR count). The number of likely N-dealkylation sites (tertiary alicyclic amines) is 1. The van der Waals surface area contributed by atoms with Gasteiger partial charge in [0.05, 0.1) is 6.61 Å². The maximum absolute atomic E-state index is 14.0. The highest BCUT2D eigenvalue weighted by Crippen LogP contribution is 2.39.